The summed E-state index contributed by atoms with van der Waals surface area (Å²) in [6.07, 6.45) is 1.14. The average Bonchev–Trinajstić information content (AvgIpc) is 2.44. The van der Waals surface area contributed by atoms with E-state index in [1.54, 1.807) is 18.2 Å². The molecule has 4 nitrogen and oxygen atoms in total. The first-order chi connectivity index (χ1) is 9.88. The number of carbonyl (C=O) groups is 1. The molecular weight excluding hydrogens is 286 g/mol. The van der Waals surface area contributed by atoms with Crippen molar-refractivity contribution < 1.29 is 4.79 Å². The van der Waals surface area contributed by atoms with Gasteiger partial charge in [0.05, 0.1) is 17.4 Å². The molecule has 1 aliphatic rings. The summed E-state index contributed by atoms with van der Waals surface area (Å²) in [5, 5.41) is 3.46. The summed E-state index contributed by atoms with van der Waals surface area (Å²) in [6, 6.07) is 4.95. The molecule has 1 fully saturated rings. The van der Waals surface area contributed by atoms with Crippen LogP contribution in [0.4, 0.5) is 11.4 Å². The molecule has 2 rings (SSSR count). The highest BCUT2D eigenvalue weighted by molar-refractivity contribution is 6.31. The predicted octanol–water partition coefficient (Wildman–Crippen LogP) is 3.23. The van der Waals surface area contributed by atoms with Crippen LogP contribution < -0.4 is 11.1 Å². The first-order valence-electron chi connectivity index (χ1n) is 7.48. The highest BCUT2D eigenvalue weighted by atomic mass is 35.5. The lowest BCUT2D eigenvalue weighted by Crippen LogP contribution is -2.48. The number of nitrogens with zero attached hydrogens (tertiary/aromatic N) is 1. The third kappa shape index (κ3) is 3.89. The van der Waals surface area contributed by atoms with E-state index in [1.165, 1.54) is 0 Å². The molecule has 0 spiro atoms. The number of carbonyl (C=O) groups excluding carboxylic acids is 1. The predicted molar refractivity (Wildman–Crippen MR) is 88.5 cm³/mol. The van der Waals surface area contributed by atoms with Crippen LogP contribution in [0.25, 0.3) is 0 Å². The van der Waals surface area contributed by atoms with Crippen molar-refractivity contribution in [3.63, 3.8) is 0 Å². The van der Waals surface area contributed by atoms with Crippen LogP contribution in [0.3, 0.4) is 0 Å². The average molecular weight is 310 g/mol. The Hall–Kier alpha value is -1.26. The van der Waals surface area contributed by atoms with Crippen molar-refractivity contribution >= 4 is 28.9 Å². The van der Waals surface area contributed by atoms with E-state index in [0.717, 1.165) is 25.4 Å². The third-order valence-electron chi connectivity index (χ3n) is 4.56. The minimum Gasteiger partial charge on any atom is -0.397 e. The van der Waals surface area contributed by atoms with Gasteiger partial charge < -0.3 is 11.1 Å². The van der Waals surface area contributed by atoms with E-state index in [9.17, 15) is 4.79 Å². The number of nitrogens with one attached hydrogen (secondary N) is 1. The lowest BCUT2D eigenvalue weighted by atomic mass is 9.88. The fourth-order valence-electron chi connectivity index (χ4n) is 2.70. The van der Waals surface area contributed by atoms with Gasteiger partial charge in [0.1, 0.15) is 0 Å². The SMILES string of the molecule is CC1CCN(C(C)C(=O)Nc2ccc(Cl)cc2N)CC1C. The number of hydrogen-bond acceptors (Lipinski definition) is 3. The van der Waals surface area contributed by atoms with Crippen molar-refractivity contribution in [2.24, 2.45) is 11.8 Å². The number of halogens is 1. The first kappa shape index (κ1) is 16.1. The fourth-order valence-corrected chi connectivity index (χ4v) is 2.88. The number of likely N-dealkylation sites (tertiary alicyclic amines) is 1. The molecule has 1 aromatic rings. The standard InChI is InChI=1S/C16H24ClN3O/c1-10-6-7-20(9-11(10)2)12(3)16(21)19-15-5-4-13(17)8-14(15)18/h4-5,8,10-12H,6-7,9,18H2,1-3H3,(H,19,21). The third-order valence-corrected chi connectivity index (χ3v) is 4.80. The second-order valence-electron chi connectivity index (χ2n) is 6.13. The van der Waals surface area contributed by atoms with Crippen LogP contribution in [-0.2, 0) is 4.79 Å². The Bertz CT molecular complexity index is 520. The van der Waals surface area contributed by atoms with Gasteiger partial charge in [0.25, 0.3) is 0 Å². The maximum absolute atomic E-state index is 12.4. The van der Waals surface area contributed by atoms with Gasteiger partial charge in [-0.25, -0.2) is 0 Å². The zero-order chi connectivity index (χ0) is 15.6. The molecule has 0 bridgehead atoms. The number of nitrogen functional groups attached to an aromatic ring is 1. The summed E-state index contributed by atoms with van der Waals surface area (Å²) < 4.78 is 0. The van der Waals surface area contributed by atoms with Gasteiger partial charge in [-0.15, -0.1) is 0 Å². The van der Waals surface area contributed by atoms with Crippen molar-refractivity contribution in [1.82, 2.24) is 4.90 Å². The Morgan fingerprint density at radius 3 is 2.76 bits per heavy atom. The second kappa shape index (κ2) is 6.67. The Balaban J connectivity index is 1.99. The first-order valence-corrected chi connectivity index (χ1v) is 7.86. The fraction of sp³-hybridized carbons (Fsp3) is 0.562. The van der Waals surface area contributed by atoms with Crippen molar-refractivity contribution in [3.05, 3.63) is 23.2 Å². The molecule has 1 amide bonds. The molecule has 3 N–H and O–H groups in total. The Morgan fingerprint density at radius 2 is 2.14 bits per heavy atom. The van der Waals surface area contributed by atoms with Crippen LogP contribution >= 0.6 is 11.6 Å². The maximum atomic E-state index is 12.4. The van der Waals surface area contributed by atoms with E-state index < -0.39 is 0 Å². The van der Waals surface area contributed by atoms with E-state index in [-0.39, 0.29) is 11.9 Å². The van der Waals surface area contributed by atoms with Gasteiger partial charge in [0.2, 0.25) is 5.91 Å². The molecule has 3 unspecified atom stereocenters. The molecule has 1 heterocycles. The Kier molecular flexibility index (Phi) is 5.12. The van der Waals surface area contributed by atoms with Crippen LogP contribution in [-0.4, -0.2) is 29.9 Å². The number of benzene rings is 1. The zero-order valence-electron chi connectivity index (χ0n) is 12.9. The van der Waals surface area contributed by atoms with Gasteiger partial charge in [0.15, 0.2) is 0 Å². The number of anilines is 2. The molecule has 1 aromatic carbocycles. The highest BCUT2D eigenvalue weighted by Gasteiger charge is 2.29. The molecule has 1 aliphatic heterocycles. The molecule has 0 saturated carbocycles. The quantitative estimate of drug-likeness (QED) is 0.843. The molecular formula is C16H24ClN3O. The lowest BCUT2D eigenvalue weighted by Gasteiger charge is -2.38. The van der Waals surface area contributed by atoms with Crippen LogP contribution in [0.2, 0.25) is 5.02 Å². The molecule has 21 heavy (non-hydrogen) atoms. The smallest absolute Gasteiger partial charge is 0.241 e. The topological polar surface area (TPSA) is 58.4 Å². The summed E-state index contributed by atoms with van der Waals surface area (Å²) in [6.45, 7) is 8.41. The lowest BCUT2D eigenvalue weighted by molar-refractivity contribution is -0.121. The molecule has 0 aliphatic carbocycles. The van der Waals surface area contributed by atoms with Crippen molar-refractivity contribution in [2.45, 2.75) is 33.2 Å². The summed E-state index contributed by atoms with van der Waals surface area (Å²) in [5.41, 5.74) is 6.99. The number of piperidine rings is 1. The summed E-state index contributed by atoms with van der Waals surface area (Å²) in [5.74, 6) is 1.32. The van der Waals surface area contributed by atoms with Gasteiger partial charge in [-0.1, -0.05) is 25.4 Å². The van der Waals surface area contributed by atoms with Gasteiger partial charge in [-0.05, 0) is 49.9 Å². The van der Waals surface area contributed by atoms with Crippen LogP contribution in [0, 0.1) is 11.8 Å². The van der Waals surface area contributed by atoms with Crippen LogP contribution in [0.15, 0.2) is 18.2 Å². The zero-order valence-corrected chi connectivity index (χ0v) is 13.7. The minimum absolute atomic E-state index is 0.0224. The van der Waals surface area contributed by atoms with E-state index in [0.29, 0.717) is 22.3 Å². The monoisotopic (exact) mass is 309 g/mol. The molecule has 1 saturated heterocycles. The Labute approximate surface area is 131 Å². The second-order valence-corrected chi connectivity index (χ2v) is 6.57. The van der Waals surface area contributed by atoms with E-state index in [2.05, 4.69) is 24.1 Å². The summed E-state index contributed by atoms with van der Waals surface area (Å²) in [4.78, 5) is 14.6. The van der Waals surface area contributed by atoms with E-state index in [1.807, 2.05) is 6.92 Å². The van der Waals surface area contributed by atoms with E-state index in [4.69, 9.17) is 17.3 Å². The molecule has 0 aromatic heterocycles. The number of amides is 1. The number of nitrogens with two attached hydrogens (primary N) is 1. The number of rotatable bonds is 3. The van der Waals surface area contributed by atoms with Gasteiger partial charge in [0, 0.05) is 11.6 Å². The molecule has 3 atom stereocenters. The number of hydrogen-bond donors (Lipinski definition) is 2. The van der Waals surface area contributed by atoms with Crippen molar-refractivity contribution in [3.8, 4) is 0 Å². The Morgan fingerprint density at radius 1 is 1.43 bits per heavy atom. The maximum Gasteiger partial charge on any atom is 0.241 e. The van der Waals surface area contributed by atoms with Crippen LogP contribution in [0.5, 0.6) is 0 Å². The highest BCUT2D eigenvalue weighted by Crippen LogP contribution is 2.26. The molecule has 0 radical (unpaired) electrons. The van der Waals surface area contributed by atoms with E-state index >= 15 is 0 Å². The minimum atomic E-state index is -0.157. The molecule has 5 heteroatoms. The van der Waals surface area contributed by atoms with Gasteiger partial charge in [-0.2, -0.15) is 0 Å². The normalized spacial score (nSPS) is 24.6. The summed E-state index contributed by atoms with van der Waals surface area (Å²) >= 11 is 5.87. The van der Waals surface area contributed by atoms with Crippen LogP contribution in [0.1, 0.15) is 27.2 Å². The van der Waals surface area contributed by atoms with Gasteiger partial charge in [-0.3, -0.25) is 9.69 Å². The molecule has 116 valence electrons. The van der Waals surface area contributed by atoms with Crippen molar-refractivity contribution in [1.29, 1.82) is 0 Å². The van der Waals surface area contributed by atoms with Crippen molar-refractivity contribution in [2.75, 3.05) is 24.1 Å². The summed E-state index contributed by atoms with van der Waals surface area (Å²) in [7, 11) is 0. The largest absolute Gasteiger partial charge is 0.397 e. The van der Waals surface area contributed by atoms with Gasteiger partial charge >= 0.3 is 0 Å².